The summed E-state index contributed by atoms with van der Waals surface area (Å²) in [5.74, 6) is 0.486. The van der Waals surface area contributed by atoms with Crippen molar-refractivity contribution in [3.63, 3.8) is 0 Å². The molecular weight excluding hydrogens is 348 g/mol. The van der Waals surface area contributed by atoms with Crippen LogP contribution in [0.25, 0.3) is 11.2 Å². The van der Waals surface area contributed by atoms with Gasteiger partial charge in [0, 0.05) is 39.3 Å². The molecule has 140 valence electrons. The van der Waals surface area contributed by atoms with Crippen LogP contribution in [0.1, 0.15) is 35.1 Å². The van der Waals surface area contributed by atoms with Crippen molar-refractivity contribution in [3.05, 3.63) is 56.8 Å². The Labute approximate surface area is 154 Å². The van der Waals surface area contributed by atoms with E-state index in [-0.39, 0.29) is 11.8 Å². The van der Waals surface area contributed by atoms with Crippen LogP contribution in [0.5, 0.6) is 0 Å². The molecule has 1 unspecified atom stereocenters. The van der Waals surface area contributed by atoms with E-state index in [4.69, 9.17) is 0 Å². The van der Waals surface area contributed by atoms with Crippen LogP contribution in [0.3, 0.4) is 0 Å². The number of carbonyl (C=O) groups is 1. The van der Waals surface area contributed by atoms with Gasteiger partial charge in [0.2, 0.25) is 0 Å². The number of nitrogens with one attached hydrogen (secondary N) is 1. The maximum Gasteiger partial charge on any atom is 0.332 e. The summed E-state index contributed by atoms with van der Waals surface area (Å²) in [5, 5.41) is 0. The average molecular weight is 368 g/mol. The molecule has 1 N–H and O–H groups in total. The van der Waals surface area contributed by atoms with Crippen LogP contribution in [0.4, 0.5) is 0 Å². The van der Waals surface area contributed by atoms with Crippen LogP contribution in [0.2, 0.25) is 0 Å². The summed E-state index contributed by atoms with van der Waals surface area (Å²) in [5.41, 5.74) is 0.248. The number of fused-ring (bicyclic) bond motifs is 1. The molecule has 0 radical (unpaired) electrons. The van der Waals surface area contributed by atoms with Gasteiger partial charge in [-0.1, -0.05) is 6.07 Å². The SMILES string of the molecule is Cn1c(=O)c2[nH]c(C3CCCN(C(=O)c4ccccn4)C3)nc2n(C)c1=O. The zero-order valence-electron chi connectivity index (χ0n) is 15.2. The number of pyridine rings is 1. The van der Waals surface area contributed by atoms with Crippen molar-refractivity contribution < 1.29 is 4.79 Å². The zero-order chi connectivity index (χ0) is 19.1. The number of aromatic amines is 1. The number of carbonyl (C=O) groups excluding carboxylic acids is 1. The Hall–Kier alpha value is -3.23. The van der Waals surface area contributed by atoms with Gasteiger partial charge >= 0.3 is 5.69 Å². The van der Waals surface area contributed by atoms with Crippen LogP contribution in [0, 0.1) is 0 Å². The molecule has 3 aromatic rings. The standard InChI is InChI=1S/C18H20N6O3/c1-22-15-13(17(26)23(2)18(22)27)20-14(21-15)11-6-5-9-24(10-11)16(25)12-7-3-4-8-19-12/h3-4,7-8,11H,5-6,9-10H2,1-2H3,(H,20,21). The van der Waals surface area contributed by atoms with Gasteiger partial charge in [0.25, 0.3) is 11.5 Å². The van der Waals surface area contributed by atoms with Gasteiger partial charge in [0.05, 0.1) is 0 Å². The lowest BCUT2D eigenvalue weighted by molar-refractivity contribution is 0.0699. The van der Waals surface area contributed by atoms with Gasteiger partial charge in [-0.15, -0.1) is 0 Å². The minimum Gasteiger partial charge on any atom is -0.337 e. The van der Waals surface area contributed by atoms with Gasteiger partial charge in [0.1, 0.15) is 17.0 Å². The van der Waals surface area contributed by atoms with E-state index in [1.165, 1.54) is 11.6 Å². The lowest BCUT2D eigenvalue weighted by atomic mass is 9.97. The number of piperidine rings is 1. The van der Waals surface area contributed by atoms with Gasteiger partial charge < -0.3 is 9.88 Å². The second-order valence-corrected chi connectivity index (χ2v) is 6.83. The Balaban J connectivity index is 1.67. The van der Waals surface area contributed by atoms with E-state index in [1.807, 2.05) is 0 Å². The number of amides is 1. The topological polar surface area (TPSA) is 106 Å². The highest BCUT2D eigenvalue weighted by atomic mass is 16.2. The van der Waals surface area contributed by atoms with Gasteiger partial charge in [-0.05, 0) is 25.0 Å². The summed E-state index contributed by atoms with van der Waals surface area (Å²) in [6.45, 7) is 1.15. The maximum absolute atomic E-state index is 12.7. The van der Waals surface area contributed by atoms with E-state index < -0.39 is 11.2 Å². The number of hydrogen-bond acceptors (Lipinski definition) is 5. The second kappa shape index (κ2) is 6.49. The van der Waals surface area contributed by atoms with Crippen molar-refractivity contribution in [2.24, 2.45) is 14.1 Å². The monoisotopic (exact) mass is 368 g/mol. The van der Waals surface area contributed by atoms with E-state index in [0.29, 0.717) is 35.8 Å². The lowest BCUT2D eigenvalue weighted by Crippen LogP contribution is -2.39. The number of hydrogen-bond donors (Lipinski definition) is 1. The first-order valence-corrected chi connectivity index (χ1v) is 8.83. The quantitative estimate of drug-likeness (QED) is 0.704. The number of aryl methyl sites for hydroxylation is 1. The molecule has 1 fully saturated rings. The van der Waals surface area contributed by atoms with Gasteiger partial charge in [-0.25, -0.2) is 9.78 Å². The predicted molar refractivity (Wildman–Crippen MR) is 98.7 cm³/mol. The number of likely N-dealkylation sites (tertiary alicyclic amines) is 1. The summed E-state index contributed by atoms with van der Waals surface area (Å²) in [6.07, 6.45) is 3.28. The zero-order valence-corrected chi connectivity index (χ0v) is 15.2. The number of rotatable bonds is 2. The second-order valence-electron chi connectivity index (χ2n) is 6.83. The van der Waals surface area contributed by atoms with Crippen molar-refractivity contribution in [1.29, 1.82) is 0 Å². The number of aromatic nitrogens is 5. The van der Waals surface area contributed by atoms with Gasteiger partial charge in [-0.2, -0.15) is 0 Å². The van der Waals surface area contributed by atoms with Crippen LogP contribution >= 0.6 is 0 Å². The molecule has 1 saturated heterocycles. The Kier molecular flexibility index (Phi) is 4.14. The number of imidazole rings is 1. The van der Waals surface area contributed by atoms with Crippen molar-refractivity contribution in [2.45, 2.75) is 18.8 Å². The molecule has 3 aromatic heterocycles. The van der Waals surface area contributed by atoms with Crippen LogP contribution < -0.4 is 11.2 Å². The van der Waals surface area contributed by atoms with E-state index in [1.54, 1.807) is 36.3 Å². The Morgan fingerprint density at radius 2 is 2.04 bits per heavy atom. The summed E-state index contributed by atoms with van der Waals surface area (Å²) in [7, 11) is 3.03. The molecule has 4 heterocycles. The van der Waals surface area contributed by atoms with E-state index in [9.17, 15) is 14.4 Å². The van der Waals surface area contributed by atoms with Gasteiger partial charge in [0.15, 0.2) is 5.65 Å². The molecular formula is C18H20N6O3. The third kappa shape index (κ3) is 2.84. The van der Waals surface area contributed by atoms with Crippen molar-refractivity contribution in [1.82, 2.24) is 29.0 Å². The maximum atomic E-state index is 12.7. The van der Waals surface area contributed by atoms with Crippen molar-refractivity contribution in [3.8, 4) is 0 Å². The highest BCUT2D eigenvalue weighted by Crippen LogP contribution is 2.26. The van der Waals surface area contributed by atoms with Gasteiger partial charge in [-0.3, -0.25) is 23.7 Å². The average Bonchev–Trinajstić information content (AvgIpc) is 3.16. The van der Waals surface area contributed by atoms with E-state index in [0.717, 1.165) is 17.4 Å². The molecule has 9 heteroatoms. The Morgan fingerprint density at radius 1 is 1.22 bits per heavy atom. The molecule has 1 atom stereocenters. The molecule has 1 amide bonds. The molecule has 27 heavy (non-hydrogen) atoms. The molecule has 0 aromatic carbocycles. The molecule has 1 aliphatic rings. The molecule has 4 rings (SSSR count). The van der Waals surface area contributed by atoms with Crippen LogP contribution in [-0.2, 0) is 14.1 Å². The predicted octanol–water partition coefficient (Wildman–Crippen LogP) is 0.375. The van der Waals surface area contributed by atoms with Crippen LogP contribution in [-0.4, -0.2) is 48.0 Å². The molecule has 1 aliphatic heterocycles. The summed E-state index contributed by atoms with van der Waals surface area (Å²) >= 11 is 0. The van der Waals surface area contributed by atoms with E-state index >= 15 is 0 Å². The first kappa shape index (κ1) is 17.2. The lowest BCUT2D eigenvalue weighted by Gasteiger charge is -2.31. The largest absolute Gasteiger partial charge is 0.337 e. The fourth-order valence-electron chi connectivity index (χ4n) is 3.57. The Bertz CT molecular complexity index is 1130. The molecule has 0 bridgehead atoms. The smallest absolute Gasteiger partial charge is 0.332 e. The Morgan fingerprint density at radius 3 is 2.78 bits per heavy atom. The molecule has 0 aliphatic carbocycles. The first-order chi connectivity index (χ1) is 13.0. The minimum atomic E-state index is -0.416. The minimum absolute atomic E-state index is 0.0291. The highest BCUT2D eigenvalue weighted by molar-refractivity contribution is 5.92. The fourth-order valence-corrected chi connectivity index (χ4v) is 3.57. The van der Waals surface area contributed by atoms with Crippen molar-refractivity contribution >= 4 is 17.1 Å². The molecule has 0 saturated carbocycles. The van der Waals surface area contributed by atoms with E-state index in [2.05, 4.69) is 15.0 Å². The van der Waals surface area contributed by atoms with Crippen LogP contribution in [0.15, 0.2) is 34.0 Å². The molecule has 0 spiro atoms. The fraction of sp³-hybridized carbons (Fsp3) is 0.389. The summed E-state index contributed by atoms with van der Waals surface area (Å²) < 4.78 is 2.42. The number of H-pyrrole nitrogens is 1. The first-order valence-electron chi connectivity index (χ1n) is 8.83. The summed E-state index contributed by atoms with van der Waals surface area (Å²) in [4.78, 5) is 50.6. The third-order valence-corrected chi connectivity index (χ3v) is 5.09. The summed E-state index contributed by atoms with van der Waals surface area (Å²) in [6, 6.07) is 5.26. The number of nitrogens with zero attached hydrogens (tertiary/aromatic N) is 5. The highest BCUT2D eigenvalue weighted by Gasteiger charge is 2.28. The third-order valence-electron chi connectivity index (χ3n) is 5.09. The molecule has 9 nitrogen and oxygen atoms in total. The van der Waals surface area contributed by atoms with Crippen molar-refractivity contribution in [2.75, 3.05) is 13.1 Å². The normalized spacial score (nSPS) is 17.4.